The number of nitrogens with one attached hydrogen (secondary N) is 2. The SMILES string of the molecule is COc1ccc(N2C(=O)C3Sc4[nH]c(=O)sc4C(c4cc(Cl)ccc4OCC(=O)Nc4ccc(C)cc4)C3C2=O)cc1. The van der Waals surface area contributed by atoms with Gasteiger partial charge in [-0.05, 0) is 61.5 Å². The van der Waals surface area contributed by atoms with Crippen LogP contribution in [-0.4, -0.2) is 41.7 Å². The Bertz CT molecular complexity index is 1750. The molecular formula is C30H24ClN3O6S2. The summed E-state index contributed by atoms with van der Waals surface area (Å²) in [7, 11) is 1.53. The molecule has 12 heteroatoms. The van der Waals surface area contributed by atoms with Gasteiger partial charge in [0.1, 0.15) is 16.7 Å². The molecule has 4 aromatic rings. The molecule has 1 aromatic heterocycles. The van der Waals surface area contributed by atoms with Gasteiger partial charge >= 0.3 is 4.87 Å². The number of hydrogen-bond acceptors (Lipinski definition) is 8. The molecule has 0 aliphatic carbocycles. The van der Waals surface area contributed by atoms with E-state index < -0.39 is 23.0 Å². The number of nitrogens with zero attached hydrogens (tertiary/aromatic N) is 1. The van der Waals surface area contributed by atoms with Gasteiger partial charge in [-0.25, -0.2) is 4.90 Å². The Kier molecular flexibility index (Phi) is 7.56. The van der Waals surface area contributed by atoms with Crippen molar-refractivity contribution >= 4 is 63.8 Å². The normalized spacial score (nSPS) is 19.3. The van der Waals surface area contributed by atoms with E-state index in [4.69, 9.17) is 21.1 Å². The monoisotopic (exact) mass is 621 g/mol. The van der Waals surface area contributed by atoms with Crippen LogP contribution < -0.4 is 24.6 Å². The second-order valence-corrected chi connectivity index (χ2v) is 12.4. The molecule has 2 aliphatic heterocycles. The highest BCUT2D eigenvalue weighted by Crippen LogP contribution is 2.54. The molecule has 214 valence electrons. The lowest BCUT2D eigenvalue weighted by Gasteiger charge is -2.31. The maximum atomic E-state index is 14.0. The van der Waals surface area contributed by atoms with Crippen LogP contribution in [0, 0.1) is 12.8 Å². The topological polar surface area (TPSA) is 118 Å². The number of amides is 3. The maximum Gasteiger partial charge on any atom is 0.305 e. The second kappa shape index (κ2) is 11.3. The van der Waals surface area contributed by atoms with Gasteiger partial charge < -0.3 is 19.8 Å². The summed E-state index contributed by atoms with van der Waals surface area (Å²) < 4.78 is 11.2. The molecule has 3 heterocycles. The van der Waals surface area contributed by atoms with Crippen LogP contribution in [-0.2, 0) is 14.4 Å². The number of H-pyrrole nitrogens is 1. The molecular weight excluding hydrogens is 598 g/mol. The lowest BCUT2D eigenvalue weighted by Crippen LogP contribution is -2.32. The van der Waals surface area contributed by atoms with Crippen LogP contribution >= 0.6 is 34.7 Å². The first-order valence-electron chi connectivity index (χ1n) is 12.9. The van der Waals surface area contributed by atoms with E-state index in [1.807, 2.05) is 19.1 Å². The predicted molar refractivity (Wildman–Crippen MR) is 162 cm³/mol. The molecule has 2 aliphatic rings. The number of carbonyl (C=O) groups excluding carboxylic acids is 3. The Morgan fingerprint density at radius 1 is 1.02 bits per heavy atom. The number of methoxy groups -OCH3 is 1. The van der Waals surface area contributed by atoms with Crippen molar-refractivity contribution in [1.29, 1.82) is 0 Å². The molecule has 1 fully saturated rings. The summed E-state index contributed by atoms with van der Waals surface area (Å²) in [6.07, 6.45) is 0. The number of rotatable bonds is 7. The number of aromatic amines is 1. The summed E-state index contributed by atoms with van der Waals surface area (Å²) in [6.45, 7) is 1.65. The standard InChI is InChI=1S/C30H24ClN3O6S2/c1-15-3-6-17(7-4-15)32-22(35)14-40-21-12-5-16(31)13-20(21)23-24-26(41-27-25(23)42-30(38)33-27)29(37)34(28(24)36)18-8-10-19(39-2)11-9-18/h3-13,23-24,26H,14H2,1-2H3,(H,32,35)(H,33,38). The molecule has 3 unspecified atom stereocenters. The minimum absolute atomic E-state index is 0.300. The van der Waals surface area contributed by atoms with Gasteiger partial charge in [0.25, 0.3) is 5.91 Å². The number of thiazole rings is 1. The Morgan fingerprint density at radius 2 is 1.76 bits per heavy atom. The molecule has 0 spiro atoms. The number of halogens is 1. The highest BCUT2D eigenvalue weighted by molar-refractivity contribution is 8.00. The average molecular weight is 622 g/mol. The zero-order chi connectivity index (χ0) is 29.5. The predicted octanol–water partition coefficient (Wildman–Crippen LogP) is 5.22. The molecule has 1 saturated heterocycles. The van der Waals surface area contributed by atoms with Crippen LogP contribution in [0.15, 0.2) is 76.6 Å². The van der Waals surface area contributed by atoms with Crippen molar-refractivity contribution in [2.24, 2.45) is 5.92 Å². The van der Waals surface area contributed by atoms with Crippen molar-refractivity contribution in [1.82, 2.24) is 4.98 Å². The van der Waals surface area contributed by atoms with E-state index in [9.17, 15) is 19.2 Å². The van der Waals surface area contributed by atoms with Gasteiger partial charge in [-0.3, -0.25) is 19.2 Å². The highest BCUT2D eigenvalue weighted by Gasteiger charge is 2.56. The van der Waals surface area contributed by atoms with Crippen LogP contribution in [0.4, 0.5) is 11.4 Å². The molecule has 0 radical (unpaired) electrons. The van der Waals surface area contributed by atoms with Crippen molar-refractivity contribution < 1.29 is 23.9 Å². The van der Waals surface area contributed by atoms with Gasteiger partial charge in [0, 0.05) is 27.1 Å². The van der Waals surface area contributed by atoms with Crippen molar-refractivity contribution in [2.75, 3.05) is 23.9 Å². The lowest BCUT2D eigenvalue weighted by atomic mass is 9.82. The fourth-order valence-corrected chi connectivity index (χ4v) is 7.90. The molecule has 0 bridgehead atoms. The Balaban J connectivity index is 1.35. The second-order valence-electron chi connectivity index (χ2n) is 9.84. The highest BCUT2D eigenvalue weighted by atomic mass is 35.5. The summed E-state index contributed by atoms with van der Waals surface area (Å²) in [5.41, 5.74) is 2.63. The fourth-order valence-electron chi connectivity index (χ4n) is 5.21. The summed E-state index contributed by atoms with van der Waals surface area (Å²) >= 11 is 8.59. The minimum atomic E-state index is -0.842. The van der Waals surface area contributed by atoms with E-state index in [0.29, 0.717) is 43.4 Å². The van der Waals surface area contributed by atoms with Crippen LogP contribution in [0.2, 0.25) is 5.02 Å². The molecule has 0 saturated carbocycles. The quantitative estimate of drug-likeness (QED) is 0.272. The summed E-state index contributed by atoms with van der Waals surface area (Å²) in [6, 6.07) is 19.0. The minimum Gasteiger partial charge on any atom is -0.497 e. The Hall–Kier alpha value is -4.06. The van der Waals surface area contributed by atoms with E-state index in [1.54, 1.807) is 54.6 Å². The summed E-state index contributed by atoms with van der Waals surface area (Å²) in [4.78, 5) is 57.3. The Morgan fingerprint density at radius 3 is 2.48 bits per heavy atom. The summed E-state index contributed by atoms with van der Waals surface area (Å²) in [5.74, 6) is -1.80. The van der Waals surface area contributed by atoms with Gasteiger partial charge in [0.05, 0.1) is 23.7 Å². The number of thioether (sulfide) groups is 1. The largest absolute Gasteiger partial charge is 0.497 e. The van der Waals surface area contributed by atoms with Crippen LogP contribution in [0.25, 0.3) is 0 Å². The number of aromatic nitrogens is 1. The third-order valence-electron chi connectivity index (χ3n) is 7.16. The molecule has 3 amide bonds. The van der Waals surface area contributed by atoms with Gasteiger partial charge in [-0.15, -0.1) is 0 Å². The van der Waals surface area contributed by atoms with Crippen LogP contribution in [0.5, 0.6) is 11.5 Å². The zero-order valence-corrected chi connectivity index (χ0v) is 24.8. The summed E-state index contributed by atoms with van der Waals surface area (Å²) in [5, 5.41) is 2.91. The van der Waals surface area contributed by atoms with E-state index >= 15 is 0 Å². The first kappa shape index (κ1) is 28.1. The van der Waals surface area contributed by atoms with Gasteiger partial charge in [-0.2, -0.15) is 0 Å². The zero-order valence-electron chi connectivity index (χ0n) is 22.4. The van der Waals surface area contributed by atoms with Crippen molar-refractivity contribution in [3.63, 3.8) is 0 Å². The number of imide groups is 1. The van der Waals surface area contributed by atoms with E-state index in [0.717, 1.165) is 16.9 Å². The third-order valence-corrected chi connectivity index (χ3v) is 9.79. The maximum absolute atomic E-state index is 14.0. The third kappa shape index (κ3) is 5.19. The number of ether oxygens (including phenoxy) is 2. The molecule has 6 rings (SSSR count). The molecule has 2 N–H and O–H groups in total. The number of aryl methyl sites for hydroxylation is 1. The van der Waals surface area contributed by atoms with Crippen LogP contribution in [0.3, 0.4) is 0 Å². The number of carbonyl (C=O) groups is 3. The van der Waals surface area contributed by atoms with Crippen molar-refractivity contribution in [3.05, 3.63) is 97.4 Å². The molecule has 42 heavy (non-hydrogen) atoms. The first-order valence-corrected chi connectivity index (χ1v) is 15.0. The Labute approximate surface area is 253 Å². The van der Waals surface area contributed by atoms with E-state index in [-0.39, 0.29) is 23.3 Å². The number of hydrogen-bond donors (Lipinski definition) is 2. The number of benzene rings is 3. The molecule has 3 atom stereocenters. The lowest BCUT2D eigenvalue weighted by molar-refractivity contribution is -0.122. The van der Waals surface area contributed by atoms with Crippen molar-refractivity contribution in [2.45, 2.75) is 23.1 Å². The van der Waals surface area contributed by atoms with Gasteiger partial charge in [0.15, 0.2) is 6.61 Å². The smallest absolute Gasteiger partial charge is 0.305 e. The van der Waals surface area contributed by atoms with Gasteiger partial charge in [0.2, 0.25) is 11.8 Å². The van der Waals surface area contributed by atoms with Crippen LogP contribution in [0.1, 0.15) is 21.9 Å². The van der Waals surface area contributed by atoms with Crippen molar-refractivity contribution in [3.8, 4) is 11.5 Å². The van der Waals surface area contributed by atoms with E-state index in [2.05, 4.69) is 10.3 Å². The fraction of sp³-hybridized carbons (Fsp3) is 0.200. The van der Waals surface area contributed by atoms with E-state index in [1.165, 1.54) is 23.8 Å². The first-order chi connectivity index (χ1) is 20.2. The average Bonchev–Trinajstić information content (AvgIpc) is 3.47. The number of anilines is 2. The number of fused-ring (bicyclic) bond motifs is 2. The molecule has 3 aromatic carbocycles. The van der Waals surface area contributed by atoms with Gasteiger partial charge in [-0.1, -0.05) is 52.4 Å². The molecule has 9 nitrogen and oxygen atoms in total.